The molecule has 3 aliphatic heterocycles. The lowest BCUT2D eigenvalue weighted by Gasteiger charge is -2.31. The van der Waals surface area contributed by atoms with Crippen molar-refractivity contribution < 1.29 is 29.0 Å². The van der Waals surface area contributed by atoms with Crippen LogP contribution in [0.3, 0.4) is 0 Å². The van der Waals surface area contributed by atoms with Crippen molar-refractivity contribution in [2.45, 2.75) is 70.1 Å². The van der Waals surface area contributed by atoms with Crippen molar-refractivity contribution in [3.8, 4) is 11.4 Å². The van der Waals surface area contributed by atoms with E-state index >= 15 is 0 Å². The molecule has 5 heterocycles. The average Bonchev–Trinajstić information content (AvgIpc) is 3.65. The van der Waals surface area contributed by atoms with Gasteiger partial charge >= 0.3 is 11.9 Å². The van der Waals surface area contributed by atoms with Crippen LogP contribution in [-0.4, -0.2) is 47.8 Å². The van der Waals surface area contributed by atoms with Crippen LogP contribution in [0.2, 0.25) is 25.2 Å². The SMILES string of the molecule is CCC1(O)C(=O)OCc2c1cc1n(c2=O)Cc2c-1nc1ccccc1c2CC[Si](C)(C)CCCOC(=O)C1=CCNO1. The number of hydrogen-bond donors (Lipinski definition) is 2. The minimum Gasteiger partial charge on any atom is -0.460 e. The summed E-state index contributed by atoms with van der Waals surface area (Å²) in [5, 5.41) is 12.3. The standard InChI is InChI=1S/C31H35N3O7Si/c1-4-31(38)23-16-25-27-21(17-34(25)28(35)22(23)18-40-30(31)37)19(20-8-5-6-9-24(20)33-27)11-15-42(2,3)14-7-13-39-29(36)26-10-12-32-41-26/h5-6,8-10,16,32,38H,4,7,11-15,17-18H2,1-3H3. The van der Waals surface area contributed by atoms with Crippen molar-refractivity contribution in [1.29, 1.82) is 0 Å². The Balaban J connectivity index is 1.27. The van der Waals surface area contributed by atoms with E-state index in [9.17, 15) is 19.5 Å². The highest BCUT2D eigenvalue weighted by atomic mass is 28.3. The number of hydrogen-bond acceptors (Lipinski definition) is 9. The summed E-state index contributed by atoms with van der Waals surface area (Å²) in [5.41, 5.74) is 5.54. The Kier molecular flexibility index (Phi) is 7.28. The lowest BCUT2D eigenvalue weighted by Crippen LogP contribution is -2.44. The molecule has 0 spiro atoms. The number of carbonyl (C=O) groups is 2. The maximum absolute atomic E-state index is 13.7. The lowest BCUT2D eigenvalue weighted by atomic mass is 9.86. The Morgan fingerprint density at radius 1 is 1.21 bits per heavy atom. The third kappa shape index (κ3) is 4.85. The van der Waals surface area contributed by atoms with E-state index in [1.165, 1.54) is 5.56 Å². The zero-order valence-electron chi connectivity index (χ0n) is 24.1. The van der Waals surface area contributed by atoms with Gasteiger partial charge in [-0.2, -0.15) is 5.48 Å². The van der Waals surface area contributed by atoms with E-state index in [0.29, 0.717) is 36.5 Å². The third-order valence-corrected chi connectivity index (χ3v) is 12.1. The molecule has 0 saturated heterocycles. The van der Waals surface area contributed by atoms with Crippen LogP contribution in [-0.2, 0) is 49.1 Å². The number of pyridine rings is 2. The summed E-state index contributed by atoms with van der Waals surface area (Å²) >= 11 is 0. The summed E-state index contributed by atoms with van der Waals surface area (Å²) in [7, 11) is -1.68. The number of ether oxygens (including phenoxy) is 2. The molecule has 220 valence electrons. The number of para-hydroxylation sites is 1. The van der Waals surface area contributed by atoms with Gasteiger partial charge in [-0.15, -0.1) is 0 Å². The second-order valence-electron chi connectivity index (χ2n) is 12.0. The molecule has 0 saturated carbocycles. The first-order chi connectivity index (χ1) is 20.1. The molecule has 10 nitrogen and oxygen atoms in total. The molecule has 1 atom stereocenters. The van der Waals surface area contributed by atoms with Crippen LogP contribution in [0.5, 0.6) is 0 Å². The topological polar surface area (TPSA) is 129 Å². The van der Waals surface area contributed by atoms with Crippen molar-refractivity contribution in [3.05, 3.63) is 74.8 Å². The van der Waals surface area contributed by atoms with Gasteiger partial charge in [0, 0.05) is 24.6 Å². The summed E-state index contributed by atoms with van der Waals surface area (Å²) in [6, 6.07) is 11.8. The first-order valence-electron chi connectivity index (χ1n) is 14.5. The number of carbonyl (C=O) groups excluding carboxylic acids is 2. The molecule has 6 rings (SSSR count). The number of benzene rings is 1. The molecule has 0 radical (unpaired) electrons. The van der Waals surface area contributed by atoms with Gasteiger partial charge in [0.2, 0.25) is 5.76 Å². The predicted octanol–water partition coefficient (Wildman–Crippen LogP) is 3.68. The Hall–Kier alpha value is -3.80. The summed E-state index contributed by atoms with van der Waals surface area (Å²) in [6.07, 6.45) is 3.39. The zero-order chi connectivity index (χ0) is 29.6. The molecule has 3 aromatic rings. The Morgan fingerprint density at radius 3 is 2.79 bits per heavy atom. The van der Waals surface area contributed by atoms with Crippen molar-refractivity contribution in [2.75, 3.05) is 13.2 Å². The fourth-order valence-electron chi connectivity index (χ4n) is 6.19. The van der Waals surface area contributed by atoms with Crippen LogP contribution in [0, 0.1) is 0 Å². The number of nitrogens with zero attached hydrogens (tertiary/aromatic N) is 2. The van der Waals surface area contributed by atoms with Gasteiger partial charge in [-0.25, -0.2) is 14.6 Å². The van der Waals surface area contributed by atoms with Crippen molar-refractivity contribution in [2.24, 2.45) is 0 Å². The summed E-state index contributed by atoms with van der Waals surface area (Å²) in [4.78, 5) is 48.3. The molecular weight excluding hydrogens is 554 g/mol. The van der Waals surface area contributed by atoms with Crippen LogP contribution >= 0.6 is 0 Å². The van der Waals surface area contributed by atoms with Gasteiger partial charge < -0.3 is 24.0 Å². The molecule has 42 heavy (non-hydrogen) atoms. The monoisotopic (exact) mass is 589 g/mol. The molecule has 0 amide bonds. The predicted molar refractivity (Wildman–Crippen MR) is 158 cm³/mol. The van der Waals surface area contributed by atoms with Crippen LogP contribution in [0.4, 0.5) is 0 Å². The summed E-state index contributed by atoms with van der Waals surface area (Å²) in [5.74, 6) is -0.956. The average molecular weight is 590 g/mol. The highest BCUT2D eigenvalue weighted by Crippen LogP contribution is 2.41. The molecule has 3 aliphatic rings. The van der Waals surface area contributed by atoms with Crippen LogP contribution < -0.4 is 11.0 Å². The molecule has 0 bridgehead atoms. The first-order valence-corrected chi connectivity index (χ1v) is 17.9. The molecular formula is C31H35N3O7Si. The maximum atomic E-state index is 13.7. The van der Waals surface area contributed by atoms with E-state index < -0.39 is 25.6 Å². The molecule has 2 aromatic heterocycles. The molecule has 11 heteroatoms. The van der Waals surface area contributed by atoms with Gasteiger partial charge in [-0.05, 0) is 43.0 Å². The number of fused-ring (bicyclic) bond motifs is 5. The summed E-state index contributed by atoms with van der Waals surface area (Å²) in [6.45, 7) is 7.48. The number of esters is 2. The van der Waals surface area contributed by atoms with Gasteiger partial charge in [0.25, 0.3) is 5.56 Å². The summed E-state index contributed by atoms with van der Waals surface area (Å²) < 4.78 is 12.3. The quantitative estimate of drug-likeness (QED) is 0.171. The number of aliphatic hydroxyl groups is 1. The number of nitrogens with one attached hydrogen (secondary N) is 1. The lowest BCUT2D eigenvalue weighted by molar-refractivity contribution is -0.172. The molecule has 2 N–H and O–H groups in total. The largest absolute Gasteiger partial charge is 0.460 e. The van der Waals surface area contributed by atoms with Gasteiger partial charge in [-0.1, -0.05) is 50.3 Å². The van der Waals surface area contributed by atoms with Gasteiger partial charge in [-0.3, -0.25) is 4.79 Å². The molecule has 1 unspecified atom stereocenters. The number of rotatable bonds is 9. The smallest absolute Gasteiger partial charge is 0.375 e. The zero-order valence-corrected chi connectivity index (χ0v) is 25.1. The Morgan fingerprint density at radius 2 is 2.02 bits per heavy atom. The number of cyclic esters (lactones) is 1. The second-order valence-corrected chi connectivity index (χ2v) is 17.3. The van der Waals surface area contributed by atoms with Crippen LogP contribution in [0.1, 0.15) is 42.0 Å². The fraction of sp³-hybridized carbons (Fsp3) is 0.419. The number of aryl methyl sites for hydroxylation is 1. The molecule has 1 aromatic carbocycles. The number of hydroxylamine groups is 1. The Bertz CT molecular complexity index is 1700. The first kappa shape index (κ1) is 28.3. The molecule has 0 aliphatic carbocycles. The van der Waals surface area contributed by atoms with Gasteiger partial charge in [0.15, 0.2) is 5.60 Å². The van der Waals surface area contributed by atoms with E-state index in [1.807, 2.05) is 18.2 Å². The van der Waals surface area contributed by atoms with E-state index in [0.717, 1.165) is 47.1 Å². The van der Waals surface area contributed by atoms with E-state index in [-0.39, 0.29) is 24.3 Å². The fourth-order valence-corrected chi connectivity index (χ4v) is 8.47. The van der Waals surface area contributed by atoms with Gasteiger partial charge in [0.1, 0.15) is 6.61 Å². The van der Waals surface area contributed by atoms with E-state index in [4.69, 9.17) is 19.3 Å². The normalized spacial score (nSPS) is 19.0. The van der Waals surface area contributed by atoms with E-state index in [1.54, 1.807) is 23.6 Å². The second kappa shape index (κ2) is 10.8. The Labute approximate surface area is 244 Å². The van der Waals surface area contributed by atoms with Crippen molar-refractivity contribution >= 4 is 30.9 Å². The van der Waals surface area contributed by atoms with Crippen molar-refractivity contribution in [3.63, 3.8) is 0 Å². The minimum atomic E-state index is -1.85. The van der Waals surface area contributed by atoms with Crippen LogP contribution in [0.15, 0.2) is 47.0 Å². The third-order valence-electron chi connectivity index (χ3n) is 8.75. The molecule has 0 fully saturated rings. The van der Waals surface area contributed by atoms with E-state index in [2.05, 4.69) is 24.6 Å². The minimum absolute atomic E-state index is 0.104. The van der Waals surface area contributed by atoms with Crippen molar-refractivity contribution in [1.82, 2.24) is 15.0 Å². The highest BCUT2D eigenvalue weighted by molar-refractivity contribution is 6.77. The van der Waals surface area contributed by atoms with Gasteiger partial charge in [0.05, 0.1) is 42.2 Å². The highest BCUT2D eigenvalue weighted by Gasteiger charge is 2.45. The number of aromatic nitrogens is 2. The maximum Gasteiger partial charge on any atom is 0.375 e. The van der Waals surface area contributed by atoms with Crippen LogP contribution in [0.25, 0.3) is 22.3 Å².